The Morgan fingerprint density at radius 2 is 1.79 bits per heavy atom. The van der Waals surface area contributed by atoms with E-state index >= 15 is 0 Å². The van der Waals surface area contributed by atoms with E-state index in [2.05, 4.69) is 20.3 Å². The number of hydrogen-bond donors (Lipinski definition) is 2. The first-order valence-electron chi connectivity index (χ1n) is 9.28. The van der Waals surface area contributed by atoms with Crippen LogP contribution in [-0.4, -0.2) is 38.2 Å². The molecule has 7 heteroatoms. The zero-order chi connectivity index (χ0) is 19.9. The third-order valence-electron chi connectivity index (χ3n) is 4.89. The first-order valence-corrected chi connectivity index (χ1v) is 9.28. The number of ether oxygens (including phenoxy) is 1. The minimum absolute atomic E-state index is 0.0609. The molecule has 0 unspecified atom stereocenters. The second kappa shape index (κ2) is 9.21. The maximum Gasteiger partial charge on any atom is 0.407 e. The van der Waals surface area contributed by atoms with E-state index in [0.29, 0.717) is 24.2 Å². The summed E-state index contributed by atoms with van der Waals surface area (Å²) in [6, 6.07) is 13.8. The lowest BCUT2D eigenvalue weighted by Gasteiger charge is -2.34. The predicted molar refractivity (Wildman–Crippen MR) is 105 cm³/mol. The zero-order valence-corrected chi connectivity index (χ0v) is 15.8. The lowest BCUT2D eigenvalue weighted by atomic mass is 10.0. The standard InChI is InChI=1S/C21H24FN3O3/c1-28-21(27)24-16-10-12-25(13-11-16)19-9-5-3-7-17(19)20(26)23-14-15-6-2-4-8-18(15)22/h2-9,16H,10-14H2,1H3,(H,23,26)(H,24,27). The van der Waals surface area contributed by atoms with Crippen LogP contribution in [0.1, 0.15) is 28.8 Å². The average molecular weight is 385 g/mol. The fourth-order valence-electron chi connectivity index (χ4n) is 3.34. The molecule has 148 valence electrons. The number of alkyl carbamates (subject to hydrolysis) is 1. The van der Waals surface area contributed by atoms with Crippen LogP contribution in [-0.2, 0) is 11.3 Å². The van der Waals surface area contributed by atoms with E-state index in [0.717, 1.165) is 18.5 Å². The van der Waals surface area contributed by atoms with E-state index in [1.165, 1.54) is 13.2 Å². The summed E-state index contributed by atoms with van der Waals surface area (Å²) in [5.74, 6) is -0.579. The van der Waals surface area contributed by atoms with Crippen LogP contribution in [0.5, 0.6) is 0 Å². The zero-order valence-electron chi connectivity index (χ0n) is 15.8. The van der Waals surface area contributed by atoms with E-state index in [1.807, 2.05) is 18.2 Å². The van der Waals surface area contributed by atoms with Gasteiger partial charge in [-0.1, -0.05) is 30.3 Å². The quantitative estimate of drug-likeness (QED) is 0.830. The van der Waals surface area contributed by atoms with E-state index in [4.69, 9.17) is 0 Å². The van der Waals surface area contributed by atoms with Gasteiger partial charge < -0.3 is 20.3 Å². The van der Waals surface area contributed by atoms with Gasteiger partial charge in [0, 0.05) is 36.9 Å². The summed E-state index contributed by atoms with van der Waals surface area (Å²) in [4.78, 5) is 26.2. The molecular formula is C21H24FN3O3. The molecule has 2 N–H and O–H groups in total. The molecule has 0 radical (unpaired) electrons. The van der Waals surface area contributed by atoms with Crippen molar-refractivity contribution in [1.82, 2.24) is 10.6 Å². The van der Waals surface area contributed by atoms with Crippen LogP contribution in [0.4, 0.5) is 14.9 Å². The number of nitrogens with zero attached hydrogens (tertiary/aromatic N) is 1. The van der Waals surface area contributed by atoms with Crippen LogP contribution < -0.4 is 15.5 Å². The molecule has 0 atom stereocenters. The minimum Gasteiger partial charge on any atom is -0.453 e. The molecule has 28 heavy (non-hydrogen) atoms. The molecule has 0 aliphatic carbocycles. The van der Waals surface area contributed by atoms with Crippen molar-refractivity contribution in [2.75, 3.05) is 25.1 Å². The number of hydrogen-bond acceptors (Lipinski definition) is 4. The molecule has 0 aromatic heterocycles. The lowest BCUT2D eigenvalue weighted by molar-refractivity contribution is 0.0951. The summed E-state index contributed by atoms with van der Waals surface area (Å²) in [6.45, 7) is 1.56. The number of benzene rings is 2. The summed E-state index contributed by atoms with van der Waals surface area (Å²) >= 11 is 0. The number of para-hydroxylation sites is 1. The van der Waals surface area contributed by atoms with Gasteiger partial charge in [0.2, 0.25) is 0 Å². The molecule has 0 bridgehead atoms. The molecule has 2 aromatic rings. The largest absolute Gasteiger partial charge is 0.453 e. The Hall–Kier alpha value is -3.09. The van der Waals surface area contributed by atoms with Crippen LogP contribution in [0.2, 0.25) is 0 Å². The Balaban J connectivity index is 1.64. The predicted octanol–water partition coefficient (Wildman–Crippen LogP) is 3.08. The molecule has 1 heterocycles. The maximum atomic E-state index is 13.8. The Kier molecular flexibility index (Phi) is 6.47. The number of carbonyl (C=O) groups is 2. The number of amides is 2. The van der Waals surface area contributed by atoms with Gasteiger partial charge in [0.25, 0.3) is 5.91 Å². The smallest absolute Gasteiger partial charge is 0.407 e. The lowest BCUT2D eigenvalue weighted by Crippen LogP contribution is -2.45. The number of carbonyl (C=O) groups excluding carboxylic acids is 2. The van der Waals surface area contributed by atoms with Gasteiger partial charge in [-0.15, -0.1) is 0 Å². The summed E-state index contributed by atoms with van der Waals surface area (Å²) in [7, 11) is 1.35. The van der Waals surface area contributed by atoms with Crippen molar-refractivity contribution < 1.29 is 18.7 Å². The van der Waals surface area contributed by atoms with Crippen molar-refractivity contribution in [3.63, 3.8) is 0 Å². The van der Waals surface area contributed by atoms with Gasteiger partial charge in [0.15, 0.2) is 0 Å². The monoisotopic (exact) mass is 385 g/mol. The number of piperidine rings is 1. The van der Waals surface area contributed by atoms with Crippen molar-refractivity contribution in [2.45, 2.75) is 25.4 Å². The summed E-state index contributed by atoms with van der Waals surface area (Å²) < 4.78 is 18.4. The van der Waals surface area contributed by atoms with Crippen molar-refractivity contribution in [2.24, 2.45) is 0 Å². The van der Waals surface area contributed by atoms with E-state index < -0.39 is 6.09 Å². The highest BCUT2D eigenvalue weighted by Gasteiger charge is 2.24. The number of halogens is 1. The Morgan fingerprint density at radius 3 is 2.50 bits per heavy atom. The van der Waals surface area contributed by atoms with Crippen molar-refractivity contribution >= 4 is 17.7 Å². The molecule has 3 rings (SSSR count). The molecule has 1 aliphatic heterocycles. The summed E-state index contributed by atoms with van der Waals surface area (Å²) in [6.07, 6.45) is 1.10. The van der Waals surface area contributed by atoms with Gasteiger partial charge >= 0.3 is 6.09 Å². The van der Waals surface area contributed by atoms with E-state index in [9.17, 15) is 14.0 Å². The molecule has 1 saturated heterocycles. The fourth-order valence-corrected chi connectivity index (χ4v) is 3.34. The van der Waals surface area contributed by atoms with Crippen molar-refractivity contribution in [3.8, 4) is 0 Å². The second-order valence-electron chi connectivity index (χ2n) is 6.69. The molecular weight excluding hydrogens is 361 g/mol. The molecule has 6 nitrogen and oxygen atoms in total. The highest BCUT2D eigenvalue weighted by Crippen LogP contribution is 2.24. The Morgan fingerprint density at radius 1 is 1.11 bits per heavy atom. The number of methoxy groups -OCH3 is 1. The number of anilines is 1. The number of nitrogens with one attached hydrogen (secondary N) is 2. The topological polar surface area (TPSA) is 70.7 Å². The Labute approximate surface area is 163 Å². The minimum atomic E-state index is -0.425. The van der Waals surface area contributed by atoms with Crippen molar-refractivity contribution in [1.29, 1.82) is 0 Å². The van der Waals surface area contributed by atoms with E-state index in [-0.39, 0.29) is 24.3 Å². The highest BCUT2D eigenvalue weighted by molar-refractivity contribution is 5.99. The van der Waals surface area contributed by atoms with Crippen LogP contribution >= 0.6 is 0 Å². The molecule has 1 aliphatic rings. The van der Waals surface area contributed by atoms with Gasteiger partial charge in [0.1, 0.15) is 5.82 Å². The summed E-state index contributed by atoms with van der Waals surface area (Å²) in [5, 5.41) is 5.62. The first kappa shape index (κ1) is 19.7. The third kappa shape index (κ3) is 4.79. The van der Waals surface area contributed by atoms with E-state index in [1.54, 1.807) is 24.3 Å². The maximum absolute atomic E-state index is 13.8. The molecule has 2 amide bonds. The number of rotatable bonds is 5. The van der Waals surface area contributed by atoms with Crippen LogP contribution in [0.25, 0.3) is 0 Å². The molecule has 0 saturated carbocycles. The van der Waals surface area contributed by atoms with Crippen LogP contribution in [0.3, 0.4) is 0 Å². The molecule has 1 fully saturated rings. The average Bonchev–Trinajstić information content (AvgIpc) is 2.73. The van der Waals surface area contributed by atoms with Crippen LogP contribution in [0.15, 0.2) is 48.5 Å². The SMILES string of the molecule is COC(=O)NC1CCN(c2ccccc2C(=O)NCc2ccccc2F)CC1. The fraction of sp³-hybridized carbons (Fsp3) is 0.333. The highest BCUT2D eigenvalue weighted by atomic mass is 19.1. The first-order chi connectivity index (χ1) is 13.6. The molecule has 0 spiro atoms. The summed E-state index contributed by atoms with van der Waals surface area (Å²) in [5.41, 5.74) is 1.84. The van der Waals surface area contributed by atoms with Gasteiger partial charge in [-0.2, -0.15) is 0 Å². The van der Waals surface area contributed by atoms with Crippen molar-refractivity contribution in [3.05, 3.63) is 65.5 Å². The normalized spacial score (nSPS) is 14.4. The van der Waals surface area contributed by atoms with Crippen LogP contribution in [0, 0.1) is 5.82 Å². The van der Waals surface area contributed by atoms with Gasteiger partial charge in [-0.25, -0.2) is 9.18 Å². The Bertz CT molecular complexity index is 835. The van der Waals surface area contributed by atoms with Gasteiger partial charge in [0.05, 0.1) is 12.7 Å². The second-order valence-corrected chi connectivity index (χ2v) is 6.69. The van der Waals surface area contributed by atoms with Gasteiger partial charge in [-0.05, 0) is 31.0 Å². The van der Waals surface area contributed by atoms with Gasteiger partial charge in [-0.3, -0.25) is 4.79 Å². The molecule has 2 aromatic carbocycles. The third-order valence-corrected chi connectivity index (χ3v) is 4.89.